The van der Waals surface area contributed by atoms with Crippen LogP contribution in [0.1, 0.15) is 18.3 Å². The van der Waals surface area contributed by atoms with Crippen LogP contribution in [0, 0.1) is 0 Å². The summed E-state index contributed by atoms with van der Waals surface area (Å²) in [5.41, 5.74) is 1.06. The Kier molecular flexibility index (Phi) is 4.33. The highest BCUT2D eigenvalue weighted by Crippen LogP contribution is 2.23. The van der Waals surface area contributed by atoms with Gasteiger partial charge in [-0.3, -0.25) is 5.10 Å². The summed E-state index contributed by atoms with van der Waals surface area (Å²) < 4.78 is 0. The standard InChI is InChI=1S/C14H17Cl2N5/c1-9-8-21(5-4-17-9)14-18-13(19-20-14)7-10-2-3-11(15)12(16)6-10/h2-3,6,9,17H,4-5,7-8H2,1H3,(H,18,19,20). The Bertz CT molecular complexity index is 628. The van der Waals surface area contributed by atoms with Crippen molar-refractivity contribution in [3.63, 3.8) is 0 Å². The van der Waals surface area contributed by atoms with E-state index >= 15 is 0 Å². The molecule has 0 radical (unpaired) electrons. The van der Waals surface area contributed by atoms with Gasteiger partial charge in [0.2, 0.25) is 5.95 Å². The number of piperazine rings is 1. The zero-order valence-electron chi connectivity index (χ0n) is 11.7. The minimum Gasteiger partial charge on any atom is -0.337 e. The van der Waals surface area contributed by atoms with Crippen LogP contribution in [-0.2, 0) is 6.42 Å². The van der Waals surface area contributed by atoms with Crippen LogP contribution in [0.15, 0.2) is 18.2 Å². The molecule has 112 valence electrons. The number of anilines is 1. The van der Waals surface area contributed by atoms with Gasteiger partial charge in [0, 0.05) is 32.1 Å². The lowest BCUT2D eigenvalue weighted by molar-refractivity contribution is 0.480. The van der Waals surface area contributed by atoms with Crippen molar-refractivity contribution in [2.24, 2.45) is 0 Å². The highest BCUT2D eigenvalue weighted by atomic mass is 35.5. The summed E-state index contributed by atoms with van der Waals surface area (Å²) in [5, 5.41) is 11.8. The molecule has 1 fully saturated rings. The van der Waals surface area contributed by atoms with E-state index in [2.05, 4.69) is 32.3 Å². The summed E-state index contributed by atoms with van der Waals surface area (Å²) in [7, 11) is 0. The van der Waals surface area contributed by atoms with Crippen LogP contribution >= 0.6 is 23.2 Å². The molecule has 1 aliphatic rings. The number of halogens is 2. The maximum absolute atomic E-state index is 6.03. The van der Waals surface area contributed by atoms with E-state index in [9.17, 15) is 0 Å². The van der Waals surface area contributed by atoms with Crippen molar-refractivity contribution in [2.75, 3.05) is 24.5 Å². The molecule has 1 atom stereocenters. The third-order valence-corrected chi connectivity index (χ3v) is 4.27. The lowest BCUT2D eigenvalue weighted by atomic mass is 10.1. The molecule has 0 spiro atoms. The Balaban J connectivity index is 1.71. The second-order valence-electron chi connectivity index (χ2n) is 5.31. The van der Waals surface area contributed by atoms with Crippen molar-refractivity contribution < 1.29 is 0 Å². The van der Waals surface area contributed by atoms with Crippen LogP contribution in [0.2, 0.25) is 10.0 Å². The van der Waals surface area contributed by atoms with Gasteiger partial charge < -0.3 is 10.2 Å². The normalized spacial score (nSPS) is 19.0. The van der Waals surface area contributed by atoms with Crippen molar-refractivity contribution >= 4 is 29.2 Å². The average molecular weight is 326 g/mol. The fraction of sp³-hybridized carbons (Fsp3) is 0.429. The third kappa shape index (κ3) is 3.48. The molecule has 7 heteroatoms. The fourth-order valence-corrected chi connectivity index (χ4v) is 2.78. The molecule has 5 nitrogen and oxygen atoms in total. The summed E-state index contributed by atoms with van der Waals surface area (Å²) in [6.07, 6.45) is 0.658. The molecule has 1 aliphatic heterocycles. The van der Waals surface area contributed by atoms with Gasteiger partial charge in [0.05, 0.1) is 10.0 Å². The second-order valence-corrected chi connectivity index (χ2v) is 6.12. The van der Waals surface area contributed by atoms with E-state index in [1.54, 1.807) is 6.07 Å². The minimum atomic E-state index is 0.454. The number of aromatic nitrogens is 3. The van der Waals surface area contributed by atoms with Crippen molar-refractivity contribution in [2.45, 2.75) is 19.4 Å². The van der Waals surface area contributed by atoms with E-state index in [0.717, 1.165) is 37.0 Å². The molecule has 1 aromatic heterocycles. The highest BCUT2D eigenvalue weighted by Gasteiger charge is 2.19. The maximum Gasteiger partial charge on any atom is 0.244 e. The van der Waals surface area contributed by atoms with Crippen LogP contribution in [0.3, 0.4) is 0 Å². The molecule has 1 aromatic carbocycles. The molecule has 21 heavy (non-hydrogen) atoms. The molecule has 2 N–H and O–H groups in total. The van der Waals surface area contributed by atoms with Gasteiger partial charge in [-0.05, 0) is 24.6 Å². The van der Waals surface area contributed by atoms with Gasteiger partial charge >= 0.3 is 0 Å². The number of hydrogen-bond donors (Lipinski definition) is 2. The van der Waals surface area contributed by atoms with Gasteiger partial charge in [0.1, 0.15) is 5.82 Å². The summed E-state index contributed by atoms with van der Waals surface area (Å²) in [4.78, 5) is 6.76. The summed E-state index contributed by atoms with van der Waals surface area (Å²) in [6.45, 7) is 4.96. The van der Waals surface area contributed by atoms with E-state index in [1.807, 2.05) is 12.1 Å². The Morgan fingerprint density at radius 1 is 1.33 bits per heavy atom. The first-order valence-electron chi connectivity index (χ1n) is 6.95. The average Bonchev–Trinajstić information content (AvgIpc) is 2.91. The number of benzene rings is 1. The SMILES string of the molecule is CC1CN(c2n[nH]c(Cc3ccc(Cl)c(Cl)c3)n2)CCN1. The van der Waals surface area contributed by atoms with Crippen LogP contribution in [0.4, 0.5) is 5.95 Å². The third-order valence-electron chi connectivity index (χ3n) is 3.53. The first kappa shape index (κ1) is 14.6. The van der Waals surface area contributed by atoms with Gasteiger partial charge in [-0.25, -0.2) is 0 Å². The van der Waals surface area contributed by atoms with Crippen LogP contribution < -0.4 is 10.2 Å². The number of hydrogen-bond acceptors (Lipinski definition) is 4. The Morgan fingerprint density at radius 2 is 2.19 bits per heavy atom. The molecule has 2 heterocycles. The predicted octanol–water partition coefficient (Wildman–Crippen LogP) is 2.50. The number of nitrogens with zero attached hydrogens (tertiary/aromatic N) is 3. The minimum absolute atomic E-state index is 0.454. The Hall–Kier alpha value is -1.30. The Labute approximate surface area is 133 Å². The molecule has 1 unspecified atom stereocenters. The van der Waals surface area contributed by atoms with E-state index in [1.165, 1.54) is 0 Å². The molecule has 0 bridgehead atoms. The summed E-state index contributed by atoms with van der Waals surface area (Å²) >= 11 is 12.0. The summed E-state index contributed by atoms with van der Waals surface area (Å²) in [5.74, 6) is 1.59. The largest absolute Gasteiger partial charge is 0.337 e. The number of aromatic amines is 1. The van der Waals surface area contributed by atoms with E-state index in [4.69, 9.17) is 23.2 Å². The molecule has 0 amide bonds. The topological polar surface area (TPSA) is 56.8 Å². The van der Waals surface area contributed by atoms with Crippen molar-refractivity contribution in [1.82, 2.24) is 20.5 Å². The van der Waals surface area contributed by atoms with E-state index in [0.29, 0.717) is 22.5 Å². The lowest BCUT2D eigenvalue weighted by Gasteiger charge is -2.30. The molecule has 0 saturated carbocycles. The predicted molar refractivity (Wildman–Crippen MR) is 85.3 cm³/mol. The van der Waals surface area contributed by atoms with Crippen LogP contribution in [0.5, 0.6) is 0 Å². The van der Waals surface area contributed by atoms with Gasteiger partial charge in [0.25, 0.3) is 0 Å². The lowest BCUT2D eigenvalue weighted by Crippen LogP contribution is -2.49. The summed E-state index contributed by atoms with van der Waals surface area (Å²) in [6, 6.07) is 6.06. The monoisotopic (exact) mass is 325 g/mol. The number of nitrogens with one attached hydrogen (secondary N) is 2. The van der Waals surface area contributed by atoms with Gasteiger partial charge in [-0.2, -0.15) is 4.98 Å². The first-order valence-corrected chi connectivity index (χ1v) is 7.71. The fourth-order valence-electron chi connectivity index (χ4n) is 2.46. The van der Waals surface area contributed by atoms with Gasteiger partial charge in [0.15, 0.2) is 0 Å². The maximum atomic E-state index is 6.03. The molecule has 0 aliphatic carbocycles. The zero-order chi connectivity index (χ0) is 14.8. The van der Waals surface area contributed by atoms with Crippen molar-refractivity contribution in [3.8, 4) is 0 Å². The molecule has 3 rings (SSSR count). The zero-order valence-corrected chi connectivity index (χ0v) is 13.2. The molecule has 2 aromatic rings. The van der Waals surface area contributed by atoms with Gasteiger partial charge in [-0.1, -0.05) is 29.3 Å². The molecular formula is C14H17Cl2N5. The van der Waals surface area contributed by atoms with Gasteiger partial charge in [-0.15, -0.1) is 5.10 Å². The molecular weight excluding hydrogens is 309 g/mol. The number of H-pyrrole nitrogens is 1. The number of rotatable bonds is 3. The first-order chi connectivity index (χ1) is 10.1. The van der Waals surface area contributed by atoms with Crippen LogP contribution in [0.25, 0.3) is 0 Å². The van der Waals surface area contributed by atoms with E-state index in [-0.39, 0.29) is 0 Å². The molecule has 1 saturated heterocycles. The highest BCUT2D eigenvalue weighted by molar-refractivity contribution is 6.42. The second kappa shape index (κ2) is 6.22. The van der Waals surface area contributed by atoms with Crippen molar-refractivity contribution in [1.29, 1.82) is 0 Å². The van der Waals surface area contributed by atoms with Crippen molar-refractivity contribution in [3.05, 3.63) is 39.6 Å². The Morgan fingerprint density at radius 3 is 2.95 bits per heavy atom. The van der Waals surface area contributed by atoms with Crippen LogP contribution in [-0.4, -0.2) is 40.9 Å². The van der Waals surface area contributed by atoms with E-state index < -0.39 is 0 Å². The quantitative estimate of drug-likeness (QED) is 0.910. The smallest absolute Gasteiger partial charge is 0.244 e.